The molecule has 26 heavy (non-hydrogen) atoms. The highest BCUT2D eigenvalue weighted by Crippen LogP contribution is 2.34. The maximum atomic E-state index is 11.1. The number of aromatic nitrogens is 3. The third kappa shape index (κ3) is 2.57. The van der Waals surface area contributed by atoms with Crippen molar-refractivity contribution < 1.29 is 14.6 Å². The van der Waals surface area contributed by atoms with Gasteiger partial charge in [0.05, 0.1) is 18.4 Å². The lowest BCUT2D eigenvalue weighted by Crippen LogP contribution is -1.88. The first-order valence-corrected chi connectivity index (χ1v) is 7.97. The zero-order chi connectivity index (χ0) is 18.1. The molecule has 0 aliphatic carbocycles. The number of phenolic OH excluding ortho intramolecular Hbond substituents is 1. The summed E-state index contributed by atoms with van der Waals surface area (Å²) in [5.41, 5.74) is 4.12. The second-order valence-corrected chi connectivity index (χ2v) is 5.79. The highest BCUT2D eigenvalue weighted by molar-refractivity contribution is 5.95. The molecular formula is C20H15N3O3. The fraction of sp³-hybridized carbons (Fsp3) is 0.0500. The molecule has 6 heteroatoms. The first kappa shape index (κ1) is 15.8. The van der Waals surface area contributed by atoms with Gasteiger partial charge in [0.2, 0.25) is 0 Å². The van der Waals surface area contributed by atoms with E-state index in [1.807, 2.05) is 30.3 Å². The lowest BCUT2D eigenvalue weighted by atomic mass is 10.0. The van der Waals surface area contributed by atoms with Gasteiger partial charge in [0.1, 0.15) is 11.5 Å². The molecule has 0 aliphatic rings. The quantitative estimate of drug-likeness (QED) is 0.549. The summed E-state index contributed by atoms with van der Waals surface area (Å²) in [6.45, 7) is 0. The molecule has 0 atom stereocenters. The van der Waals surface area contributed by atoms with Crippen LogP contribution < -0.4 is 4.74 Å². The summed E-state index contributed by atoms with van der Waals surface area (Å²) >= 11 is 0. The van der Waals surface area contributed by atoms with E-state index >= 15 is 0 Å². The van der Waals surface area contributed by atoms with Crippen LogP contribution in [0, 0.1) is 0 Å². The highest BCUT2D eigenvalue weighted by Gasteiger charge is 2.14. The van der Waals surface area contributed by atoms with Gasteiger partial charge in [-0.2, -0.15) is 5.10 Å². The first-order valence-electron chi connectivity index (χ1n) is 7.97. The van der Waals surface area contributed by atoms with Gasteiger partial charge in [0.25, 0.3) is 0 Å². The van der Waals surface area contributed by atoms with Crippen LogP contribution in [0.3, 0.4) is 0 Å². The van der Waals surface area contributed by atoms with Crippen LogP contribution in [0.5, 0.6) is 11.5 Å². The number of para-hydroxylation sites is 1. The van der Waals surface area contributed by atoms with Crippen molar-refractivity contribution in [2.24, 2.45) is 0 Å². The summed E-state index contributed by atoms with van der Waals surface area (Å²) in [5.74, 6) is 0.687. The summed E-state index contributed by atoms with van der Waals surface area (Å²) in [5, 5.41) is 17.8. The topological polar surface area (TPSA) is 88.1 Å². The monoisotopic (exact) mass is 345 g/mol. The number of nitrogens with one attached hydrogen (secondary N) is 1. The smallest absolute Gasteiger partial charge is 0.181 e. The molecule has 2 heterocycles. The molecule has 0 amide bonds. The van der Waals surface area contributed by atoms with Gasteiger partial charge < -0.3 is 9.84 Å². The van der Waals surface area contributed by atoms with Crippen LogP contribution in [-0.4, -0.2) is 33.7 Å². The summed E-state index contributed by atoms with van der Waals surface area (Å²) in [7, 11) is 1.62. The molecule has 2 aromatic carbocycles. The molecule has 0 unspecified atom stereocenters. The number of nitrogens with zero attached hydrogens (tertiary/aromatic N) is 2. The van der Waals surface area contributed by atoms with Crippen molar-refractivity contribution in [3.63, 3.8) is 0 Å². The number of aromatic hydroxyl groups is 1. The van der Waals surface area contributed by atoms with Crippen LogP contribution in [-0.2, 0) is 0 Å². The SMILES string of the molecule is COc1ccccc1-c1[nH]nc2ncc(-c3ccc(O)c(C=O)c3)cc12. The number of carbonyl (C=O) groups is 1. The van der Waals surface area contributed by atoms with Crippen LogP contribution in [0.2, 0.25) is 0 Å². The highest BCUT2D eigenvalue weighted by atomic mass is 16.5. The number of ether oxygens (including phenoxy) is 1. The Morgan fingerprint density at radius 1 is 1.12 bits per heavy atom. The van der Waals surface area contributed by atoms with E-state index in [1.54, 1.807) is 25.4 Å². The third-order valence-corrected chi connectivity index (χ3v) is 4.27. The van der Waals surface area contributed by atoms with Crippen molar-refractivity contribution in [2.75, 3.05) is 7.11 Å². The second kappa shape index (κ2) is 6.33. The first-order chi connectivity index (χ1) is 12.7. The van der Waals surface area contributed by atoms with Crippen molar-refractivity contribution in [1.82, 2.24) is 15.2 Å². The lowest BCUT2D eigenvalue weighted by molar-refractivity contribution is 0.112. The number of carbonyl (C=O) groups excluding carboxylic acids is 1. The molecule has 4 rings (SSSR count). The number of fused-ring (bicyclic) bond motifs is 1. The van der Waals surface area contributed by atoms with Crippen molar-refractivity contribution in [3.8, 4) is 33.9 Å². The molecular weight excluding hydrogens is 330 g/mol. The largest absolute Gasteiger partial charge is 0.507 e. The van der Waals surface area contributed by atoms with E-state index < -0.39 is 0 Å². The predicted octanol–water partition coefficient (Wildman–Crippen LogP) is 3.82. The van der Waals surface area contributed by atoms with Crippen LogP contribution >= 0.6 is 0 Å². The zero-order valence-corrected chi connectivity index (χ0v) is 13.9. The van der Waals surface area contributed by atoms with E-state index in [1.165, 1.54) is 6.07 Å². The molecule has 4 aromatic rings. The van der Waals surface area contributed by atoms with Gasteiger partial charge in [-0.05, 0) is 35.9 Å². The number of H-pyrrole nitrogens is 1. The Morgan fingerprint density at radius 3 is 2.77 bits per heavy atom. The minimum absolute atomic E-state index is 0.0455. The van der Waals surface area contributed by atoms with E-state index in [4.69, 9.17) is 4.74 Å². The molecule has 0 aliphatic heterocycles. The molecule has 6 nitrogen and oxygen atoms in total. The number of methoxy groups -OCH3 is 1. The Morgan fingerprint density at radius 2 is 1.96 bits per heavy atom. The molecule has 0 spiro atoms. The van der Waals surface area contributed by atoms with Crippen LogP contribution in [0.15, 0.2) is 54.7 Å². The number of hydrogen-bond acceptors (Lipinski definition) is 5. The fourth-order valence-corrected chi connectivity index (χ4v) is 2.94. The molecule has 0 bridgehead atoms. The summed E-state index contributed by atoms with van der Waals surface area (Å²) < 4.78 is 5.44. The molecule has 128 valence electrons. The normalized spacial score (nSPS) is 10.8. The fourth-order valence-electron chi connectivity index (χ4n) is 2.94. The molecule has 0 radical (unpaired) electrons. The zero-order valence-electron chi connectivity index (χ0n) is 13.9. The molecule has 0 saturated carbocycles. The maximum absolute atomic E-state index is 11.1. The van der Waals surface area contributed by atoms with Crippen LogP contribution in [0.1, 0.15) is 10.4 Å². The van der Waals surface area contributed by atoms with Crippen LogP contribution in [0.25, 0.3) is 33.4 Å². The number of aldehydes is 1. The maximum Gasteiger partial charge on any atom is 0.181 e. The number of pyridine rings is 1. The van der Waals surface area contributed by atoms with Gasteiger partial charge in [-0.3, -0.25) is 9.89 Å². The van der Waals surface area contributed by atoms with Crippen LogP contribution in [0.4, 0.5) is 0 Å². The van der Waals surface area contributed by atoms with Crippen molar-refractivity contribution in [2.45, 2.75) is 0 Å². The number of hydrogen-bond donors (Lipinski definition) is 2. The standard InChI is InChI=1S/C20H15N3O3/c1-26-18-5-3-2-4-15(18)19-16-9-13(10-21-20(16)23-22-19)12-6-7-17(25)14(8-12)11-24/h2-11,25H,1H3,(H,21,22,23). The van der Waals surface area contributed by atoms with Gasteiger partial charge >= 0.3 is 0 Å². The lowest BCUT2D eigenvalue weighted by Gasteiger charge is -2.07. The van der Waals surface area contributed by atoms with Crippen molar-refractivity contribution in [3.05, 3.63) is 60.3 Å². The minimum atomic E-state index is -0.0455. The van der Waals surface area contributed by atoms with E-state index in [9.17, 15) is 9.90 Å². The molecule has 2 N–H and O–H groups in total. The molecule has 2 aromatic heterocycles. The van der Waals surface area contributed by atoms with Gasteiger partial charge in [-0.15, -0.1) is 0 Å². The van der Waals surface area contributed by atoms with Gasteiger partial charge in [-0.25, -0.2) is 4.98 Å². The second-order valence-electron chi connectivity index (χ2n) is 5.79. The summed E-state index contributed by atoms with van der Waals surface area (Å²) in [6.07, 6.45) is 2.32. The Balaban J connectivity index is 1.89. The van der Waals surface area contributed by atoms with Crippen molar-refractivity contribution in [1.29, 1.82) is 0 Å². The van der Waals surface area contributed by atoms with E-state index in [0.29, 0.717) is 11.9 Å². The van der Waals surface area contributed by atoms with E-state index in [0.717, 1.165) is 33.5 Å². The average molecular weight is 345 g/mol. The van der Waals surface area contributed by atoms with Crippen molar-refractivity contribution >= 4 is 17.3 Å². The third-order valence-electron chi connectivity index (χ3n) is 4.27. The molecule has 0 fully saturated rings. The Bertz CT molecular complexity index is 1120. The number of phenols is 1. The van der Waals surface area contributed by atoms with Gasteiger partial charge in [-0.1, -0.05) is 18.2 Å². The van der Waals surface area contributed by atoms with Gasteiger partial charge in [0, 0.05) is 22.7 Å². The van der Waals surface area contributed by atoms with E-state index in [2.05, 4.69) is 15.2 Å². The van der Waals surface area contributed by atoms with Gasteiger partial charge in [0.15, 0.2) is 11.9 Å². The Hall–Kier alpha value is -3.67. The summed E-state index contributed by atoms with van der Waals surface area (Å²) in [6, 6.07) is 14.5. The summed E-state index contributed by atoms with van der Waals surface area (Å²) in [4.78, 5) is 15.5. The van der Waals surface area contributed by atoms with E-state index in [-0.39, 0.29) is 11.3 Å². The molecule has 0 saturated heterocycles. The Kier molecular flexibility index (Phi) is 3.85. The number of aromatic amines is 1. The number of benzene rings is 2. The average Bonchev–Trinajstić information content (AvgIpc) is 3.11. The number of rotatable bonds is 4. The predicted molar refractivity (Wildman–Crippen MR) is 98.4 cm³/mol. The minimum Gasteiger partial charge on any atom is -0.507 e. The Labute approximate surface area is 149 Å².